The topological polar surface area (TPSA) is 50.4 Å². The molecule has 0 fully saturated rings. The molecule has 2 aromatic rings. The van der Waals surface area contributed by atoms with Gasteiger partial charge in [-0.2, -0.15) is 0 Å². The van der Waals surface area contributed by atoms with Gasteiger partial charge in [0.2, 0.25) is 0 Å². The van der Waals surface area contributed by atoms with Crippen molar-refractivity contribution in [1.82, 2.24) is 5.32 Å². The number of ether oxygens (including phenoxy) is 1. The Morgan fingerprint density at radius 1 is 1.09 bits per heavy atom. The molecular formula is C17H19FN2O2. The maximum Gasteiger partial charge on any atom is 0.319 e. The van der Waals surface area contributed by atoms with Gasteiger partial charge < -0.3 is 15.4 Å². The average Bonchev–Trinajstić information content (AvgIpc) is 2.44. The first-order valence-electron chi connectivity index (χ1n) is 7.04. The van der Waals surface area contributed by atoms with Crippen LogP contribution in [0, 0.1) is 19.7 Å². The minimum absolute atomic E-state index is 0.285. The molecule has 0 unspecified atom stereocenters. The molecule has 2 amide bonds. The number of hydrogen-bond donors (Lipinski definition) is 2. The van der Waals surface area contributed by atoms with Gasteiger partial charge in [-0.3, -0.25) is 0 Å². The molecule has 4 nitrogen and oxygen atoms in total. The van der Waals surface area contributed by atoms with Gasteiger partial charge in [-0.1, -0.05) is 6.07 Å². The van der Waals surface area contributed by atoms with Gasteiger partial charge in [-0.15, -0.1) is 0 Å². The quantitative estimate of drug-likeness (QED) is 0.828. The van der Waals surface area contributed by atoms with Crippen molar-refractivity contribution in [2.75, 3.05) is 18.5 Å². The molecule has 0 aromatic heterocycles. The van der Waals surface area contributed by atoms with Crippen molar-refractivity contribution in [3.05, 3.63) is 59.4 Å². The lowest BCUT2D eigenvalue weighted by Gasteiger charge is -2.10. The van der Waals surface area contributed by atoms with Crippen LogP contribution in [0.25, 0.3) is 0 Å². The van der Waals surface area contributed by atoms with Crippen LogP contribution in [0.2, 0.25) is 0 Å². The number of aryl methyl sites for hydroxylation is 2. The van der Waals surface area contributed by atoms with Gasteiger partial charge >= 0.3 is 6.03 Å². The van der Waals surface area contributed by atoms with E-state index in [1.165, 1.54) is 12.1 Å². The van der Waals surface area contributed by atoms with Gasteiger partial charge in [-0.05, 0) is 61.4 Å². The molecule has 22 heavy (non-hydrogen) atoms. The Morgan fingerprint density at radius 2 is 1.73 bits per heavy atom. The number of carbonyl (C=O) groups excluding carboxylic acids is 1. The fourth-order valence-corrected chi connectivity index (χ4v) is 2.09. The summed E-state index contributed by atoms with van der Waals surface area (Å²) >= 11 is 0. The van der Waals surface area contributed by atoms with Crippen molar-refractivity contribution < 1.29 is 13.9 Å². The standard InChI is InChI=1S/C17H19FN2O2/c1-12-9-13(2)11-15(10-12)20-17(21)19-7-8-22-16-5-3-14(18)4-6-16/h3-6,9-11H,7-8H2,1-2H3,(H2,19,20,21). The van der Waals surface area contributed by atoms with Crippen LogP contribution in [0.15, 0.2) is 42.5 Å². The second kappa shape index (κ2) is 7.45. The summed E-state index contributed by atoms with van der Waals surface area (Å²) in [4.78, 5) is 11.8. The largest absolute Gasteiger partial charge is 0.492 e. The van der Waals surface area contributed by atoms with Gasteiger partial charge in [0.25, 0.3) is 0 Å². The van der Waals surface area contributed by atoms with E-state index in [0.29, 0.717) is 18.9 Å². The first-order valence-corrected chi connectivity index (χ1v) is 7.04. The summed E-state index contributed by atoms with van der Waals surface area (Å²) in [5, 5.41) is 5.48. The third kappa shape index (κ3) is 5.09. The van der Waals surface area contributed by atoms with Gasteiger partial charge in [0.1, 0.15) is 18.2 Å². The Bertz CT molecular complexity index is 621. The van der Waals surface area contributed by atoms with E-state index in [-0.39, 0.29) is 11.8 Å². The van der Waals surface area contributed by atoms with Crippen LogP contribution in [0.4, 0.5) is 14.9 Å². The molecule has 0 aliphatic rings. The number of anilines is 1. The third-order valence-corrected chi connectivity index (χ3v) is 2.95. The molecule has 0 aliphatic heterocycles. The van der Waals surface area contributed by atoms with E-state index in [4.69, 9.17) is 4.74 Å². The normalized spacial score (nSPS) is 10.1. The molecule has 0 atom stereocenters. The Kier molecular flexibility index (Phi) is 5.36. The number of rotatable bonds is 5. The number of carbonyl (C=O) groups is 1. The maximum atomic E-state index is 12.7. The van der Waals surface area contributed by atoms with Crippen molar-refractivity contribution in [2.24, 2.45) is 0 Å². The van der Waals surface area contributed by atoms with E-state index >= 15 is 0 Å². The predicted octanol–water partition coefficient (Wildman–Crippen LogP) is 3.64. The number of nitrogens with one attached hydrogen (secondary N) is 2. The molecule has 0 heterocycles. The molecule has 0 bridgehead atoms. The molecule has 2 aromatic carbocycles. The van der Waals surface area contributed by atoms with Crippen molar-refractivity contribution in [3.8, 4) is 5.75 Å². The Hall–Kier alpha value is -2.56. The summed E-state index contributed by atoms with van der Waals surface area (Å²) in [5.41, 5.74) is 2.94. The molecule has 0 spiro atoms. The predicted molar refractivity (Wildman–Crippen MR) is 84.8 cm³/mol. The molecule has 5 heteroatoms. The number of benzene rings is 2. The summed E-state index contributed by atoms with van der Waals surface area (Å²) in [5.74, 6) is 0.260. The minimum atomic E-state index is -0.307. The summed E-state index contributed by atoms with van der Waals surface area (Å²) in [6.45, 7) is 4.62. The second-order valence-corrected chi connectivity index (χ2v) is 5.06. The molecule has 116 valence electrons. The highest BCUT2D eigenvalue weighted by atomic mass is 19.1. The van der Waals surface area contributed by atoms with E-state index in [0.717, 1.165) is 16.8 Å². The average molecular weight is 302 g/mol. The van der Waals surface area contributed by atoms with E-state index < -0.39 is 0 Å². The van der Waals surface area contributed by atoms with Crippen LogP contribution < -0.4 is 15.4 Å². The highest BCUT2D eigenvalue weighted by Crippen LogP contribution is 2.13. The fraction of sp³-hybridized carbons (Fsp3) is 0.235. The molecule has 2 rings (SSSR count). The van der Waals surface area contributed by atoms with Gasteiger partial charge in [0.15, 0.2) is 0 Å². The number of amides is 2. The lowest BCUT2D eigenvalue weighted by Crippen LogP contribution is -2.32. The summed E-state index contributed by atoms with van der Waals surface area (Å²) in [6, 6.07) is 11.3. The van der Waals surface area contributed by atoms with Crippen LogP contribution in [0.1, 0.15) is 11.1 Å². The number of urea groups is 1. The summed E-state index contributed by atoms with van der Waals surface area (Å²) < 4.78 is 18.1. The Labute approximate surface area is 129 Å². The van der Waals surface area contributed by atoms with Crippen LogP contribution >= 0.6 is 0 Å². The Balaban J connectivity index is 1.72. The van der Waals surface area contributed by atoms with E-state index in [2.05, 4.69) is 10.6 Å². The zero-order valence-corrected chi connectivity index (χ0v) is 12.7. The summed E-state index contributed by atoms with van der Waals surface area (Å²) in [7, 11) is 0. The van der Waals surface area contributed by atoms with E-state index in [9.17, 15) is 9.18 Å². The SMILES string of the molecule is Cc1cc(C)cc(NC(=O)NCCOc2ccc(F)cc2)c1. The van der Waals surface area contributed by atoms with Crippen LogP contribution in [-0.2, 0) is 0 Å². The van der Waals surface area contributed by atoms with Crippen LogP contribution in [-0.4, -0.2) is 19.2 Å². The monoisotopic (exact) mass is 302 g/mol. The molecule has 0 saturated carbocycles. The van der Waals surface area contributed by atoms with E-state index in [1.54, 1.807) is 12.1 Å². The summed E-state index contributed by atoms with van der Waals surface area (Å²) in [6.07, 6.45) is 0. The number of hydrogen-bond acceptors (Lipinski definition) is 2. The van der Waals surface area contributed by atoms with Crippen LogP contribution in [0.3, 0.4) is 0 Å². The Morgan fingerprint density at radius 3 is 2.36 bits per heavy atom. The third-order valence-electron chi connectivity index (χ3n) is 2.95. The van der Waals surface area contributed by atoms with Gasteiger partial charge in [-0.25, -0.2) is 9.18 Å². The van der Waals surface area contributed by atoms with Crippen LogP contribution in [0.5, 0.6) is 5.75 Å². The smallest absolute Gasteiger partial charge is 0.319 e. The van der Waals surface area contributed by atoms with Crippen molar-refractivity contribution in [2.45, 2.75) is 13.8 Å². The van der Waals surface area contributed by atoms with Gasteiger partial charge in [0.05, 0.1) is 6.54 Å². The molecular weight excluding hydrogens is 283 g/mol. The van der Waals surface area contributed by atoms with Gasteiger partial charge in [0, 0.05) is 5.69 Å². The minimum Gasteiger partial charge on any atom is -0.492 e. The maximum absolute atomic E-state index is 12.7. The highest BCUT2D eigenvalue weighted by molar-refractivity contribution is 5.89. The van der Waals surface area contributed by atoms with E-state index in [1.807, 2.05) is 32.0 Å². The zero-order chi connectivity index (χ0) is 15.9. The molecule has 0 radical (unpaired) electrons. The number of halogens is 1. The lowest BCUT2D eigenvalue weighted by atomic mass is 10.1. The lowest BCUT2D eigenvalue weighted by molar-refractivity contribution is 0.247. The van der Waals surface area contributed by atoms with Crippen molar-refractivity contribution in [3.63, 3.8) is 0 Å². The molecule has 2 N–H and O–H groups in total. The molecule has 0 saturated heterocycles. The zero-order valence-electron chi connectivity index (χ0n) is 12.7. The molecule has 0 aliphatic carbocycles. The first-order chi connectivity index (χ1) is 10.5. The first kappa shape index (κ1) is 15.8. The highest BCUT2D eigenvalue weighted by Gasteiger charge is 2.02. The van der Waals surface area contributed by atoms with Crippen molar-refractivity contribution in [1.29, 1.82) is 0 Å². The second-order valence-electron chi connectivity index (χ2n) is 5.06. The fourth-order valence-electron chi connectivity index (χ4n) is 2.09. The van der Waals surface area contributed by atoms with Crippen molar-refractivity contribution >= 4 is 11.7 Å².